The predicted octanol–water partition coefficient (Wildman–Crippen LogP) is 3.15. The van der Waals surface area contributed by atoms with E-state index < -0.39 is 0 Å². The Balaban J connectivity index is 1.98. The molecule has 110 valence electrons. The number of rotatable bonds is 5. The minimum absolute atomic E-state index is 0.0501. The summed E-state index contributed by atoms with van der Waals surface area (Å²) in [5, 5.41) is 7.19. The number of nitrogens with one attached hydrogen (secondary N) is 2. The van der Waals surface area contributed by atoms with Crippen LogP contribution in [0.2, 0.25) is 5.02 Å². The van der Waals surface area contributed by atoms with Gasteiger partial charge in [-0.2, -0.15) is 0 Å². The van der Waals surface area contributed by atoms with Crippen LogP contribution in [0.25, 0.3) is 0 Å². The van der Waals surface area contributed by atoms with Gasteiger partial charge in [0.15, 0.2) is 0 Å². The van der Waals surface area contributed by atoms with Gasteiger partial charge in [-0.25, -0.2) is 0 Å². The maximum absolute atomic E-state index is 12.2. The first kappa shape index (κ1) is 15.3. The van der Waals surface area contributed by atoms with Crippen molar-refractivity contribution in [2.45, 2.75) is 32.7 Å². The van der Waals surface area contributed by atoms with Crippen molar-refractivity contribution < 1.29 is 4.79 Å². The van der Waals surface area contributed by atoms with Gasteiger partial charge in [-0.1, -0.05) is 37.6 Å². The predicted molar refractivity (Wildman–Crippen MR) is 82.8 cm³/mol. The number of benzene rings is 1. The zero-order valence-corrected chi connectivity index (χ0v) is 12.9. The lowest BCUT2D eigenvalue weighted by molar-refractivity contribution is -0.123. The van der Waals surface area contributed by atoms with Gasteiger partial charge in [-0.05, 0) is 49.0 Å². The molecule has 0 spiro atoms. The van der Waals surface area contributed by atoms with Crippen molar-refractivity contribution in [2.75, 3.05) is 13.1 Å². The molecule has 0 aromatic heterocycles. The minimum Gasteiger partial charge on any atom is -0.349 e. The van der Waals surface area contributed by atoms with Crippen LogP contribution in [0, 0.1) is 11.8 Å². The maximum atomic E-state index is 12.2. The van der Waals surface area contributed by atoms with Crippen molar-refractivity contribution in [3.63, 3.8) is 0 Å². The van der Waals surface area contributed by atoms with Crippen LogP contribution in [0.3, 0.4) is 0 Å². The summed E-state index contributed by atoms with van der Waals surface area (Å²) in [4.78, 5) is 12.2. The molecule has 1 amide bonds. The fourth-order valence-electron chi connectivity index (χ4n) is 2.69. The van der Waals surface area contributed by atoms with Crippen molar-refractivity contribution >= 4 is 17.5 Å². The lowest BCUT2D eigenvalue weighted by atomic mass is 9.95. The van der Waals surface area contributed by atoms with Crippen LogP contribution in [0.5, 0.6) is 0 Å². The molecule has 2 N–H and O–H groups in total. The smallest absolute Gasteiger partial charge is 0.220 e. The topological polar surface area (TPSA) is 41.1 Å². The second-order valence-electron chi connectivity index (χ2n) is 5.90. The Morgan fingerprint density at radius 1 is 1.40 bits per heavy atom. The highest BCUT2D eigenvalue weighted by atomic mass is 35.5. The lowest BCUT2D eigenvalue weighted by Gasteiger charge is -2.23. The highest BCUT2D eigenvalue weighted by molar-refractivity contribution is 6.30. The largest absolute Gasteiger partial charge is 0.349 e. The molecule has 2 atom stereocenters. The zero-order valence-electron chi connectivity index (χ0n) is 12.2. The number of carbonyl (C=O) groups is 1. The molecule has 1 fully saturated rings. The molecule has 1 heterocycles. The van der Waals surface area contributed by atoms with Gasteiger partial charge in [0.05, 0.1) is 6.04 Å². The molecule has 0 radical (unpaired) electrons. The Morgan fingerprint density at radius 3 is 2.65 bits per heavy atom. The van der Waals surface area contributed by atoms with Gasteiger partial charge in [0.25, 0.3) is 0 Å². The molecule has 3 nitrogen and oxygen atoms in total. The molecule has 0 saturated carbocycles. The number of hydrogen-bond acceptors (Lipinski definition) is 2. The fraction of sp³-hybridized carbons (Fsp3) is 0.562. The van der Waals surface area contributed by atoms with Gasteiger partial charge in [-0.15, -0.1) is 0 Å². The first-order valence-electron chi connectivity index (χ1n) is 7.32. The van der Waals surface area contributed by atoms with Crippen LogP contribution in [-0.4, -0.2) is 19.0 Å². The number of halogens is 1. The molecule has 2 unspecified atom stereocenters. The number of hydrogen-bond donors (Lipinski definition) is 2. The van der Waals surface area contributed by atoms with E-state index in [2.05, 4.69) is 24.5 Å². The molecule has 1 aromatic carbocycles. The van der Waals surface area contributed by atoms with Gasteiger partial charge in [-0.3, -0.25) is 4.79 Å². The molecule has 1 saturated heterocycles. The molecule has 1 aromatic rings. The standard InChI is InChI=1S/C16H23ClN2O/c1-11(2)16(13-3-5-14(17)6-4-13)19-15(20)9-12-7-8-18-10-12/h3-6,11-12,16,18H,7-10H2,1-2H3,(H,19,20). The van der Waals surface area contributed by atoms with Crippen LogP contribution in [0.1, 0.15) is 38.3 Å². The Labute approximate surface area is 126 Å². The third kappa shape index (κ3) is 4.22. The van der Waals surface area contributed by atoms with E-state index in [-0.39, 0.29) is 11.9 Å². The second-order valence-corrected chi connectivity index (χ2v) is 6.34. The molecule has 4 heteroatoms. The van der Waals surface area contributed by atoms with Gasteiger partial charge in [0.1, 0.15) is 0 Å². The van der Waals surface area contributed by atoms with Gasteiger partial charge >= 0.3 is 0 Å². The Morgan fingerprint density at radius 2 is 2.10 bits per heavy atom. The van der Waals surface area contributed by atoms with E-state index in [0.29, 0.717) is 18.3 Å². The number of carbonyl (C=O) groups excluding carboxylic acids is 1. The van der Waals surface area contributed by atoms with Crippen LogP contribution in [0.15, 0.2) is 24.3 Å². The highest BCUT2D eigenvalue weighted by Crippen LogP contribution is 2.24. The van der Waals surface area contributed by atoms with Crippen LogP contribution >= 0.6 is 11.6 Å². The van der Waals surface area contributed by atoms with E-state index in [4.69, 9.17) is 11.6 Å². The molecule has 20 heavy (non-hydrogen) atoms. The molecule has 1 aliphatic rings. The summed E-state index contributed by atoms with van der Waals surface area (Å²) < 4.78 is 0. The summed E-state index contributed by atoms with van der Waals surface area (Å²) >= 11 is 5.92. The highest BCUT2D eigenvalue weighted by Gasteiger charge is 2.22. The molecule has 0 bridgehead atoms. The van der Waals surface area contributed by atoms with Crippen LogP contribution in [0.4, 0.5) is 0 Å². The third-order valence-corrected chi connectivity index (χ3v) is 4.10. The summed E-state index contributed by atoms with van der Waals surface area (Å²) in [5.74, 6) is 0.974. The van der Waals surface area contributed by atoms with Crippen molar-refractivity contribution in [1.82, 2.24) is 10.6 Å². The molecule has 0 aliphatic carbocycles. The quantitative estimate of drug-likeness (QED) is 0.876. The average Bonchev–Trinajstić information content (AvgIpc) is 2.90. The second kappa shape index (κ2) is 7.09. The van der Waals surface area contributed by atoms with Crippen molar-refractivity contribution in [3.8, 4) is 0 Å². The summed E-state index contributed by atoms with van der Waals surface area (Å²) in [5.41, 5.74) is 1.11. The Bertz CT molecular complexity index is 438. The third-order valence-electron chi connectivity index (χ3n) is 3.85. The van der Waals surface area contributed by atoms with Crippen LogP contribution in [-0.2, 0) is 4.79 Å². The Hall–Kier alpha value is -1.06. The summed E-state index contributed by atoms with van der Waals surface area (Å²) in [6, 6.07) is 7.78. The Kier molecular flexibility index (Phi) is 5.44. The normalized spacial score (nSPS) is 20.1. The molecular formula is C16H23ClN2O. The monoisotopic (exact) mass is 294 g/mol. The fourth-order valence-corrected chi connectivity index (χ4v) is 2.81. The van der Waals surface area contributed by atoms with Gasteiger partial charge in [0.2, 0.25) is 5.91 Å². The van der Waals surface area contributed by atoms with Crippen LogP contribution < -0.4 is 10.6 Å². The summed E-state index contributed by atoms with van der Waals surface area (Å²) in [7, 11) is 0. The van der Waals surface area contributed by atoms with Gasteiger partial charge < -0.3 is 10.6 Å². The first-order valence-corrected chi connectivity index (χ1v) is 7.69. The van der Waals surface area contributed by atoms with Crippen molar-refractivity contribution in [2.24, 2.45) is 11.8 Å². The van der Waals surface area contributed by atoms with E-state index in [9.17, 15) is 4.79 Å². The number of amides is 1. The summed E-state index contributed by atoms with van der Waals surface area (Å²) in [6.45, 7) is 6.23. The SMILES string of the molecule is CC(C)C(NC(=O)CC1CCNC1)c1ccc(Cl)cc1. The van der Waals surface area contributed by atoms with E-state index in [0.717, 1.165) is 30.1 Å². The summed E-state index contributed by atoms with van der Waals surface area (Å²) in [6.07, 6.45) is 1.71. The average molecular weight is 295 g/mol. The zero-order chi connectivity index (χ0) is 14.5. The van der Waals surface area contributed by atoms with E-state index in [1.54, 1.807) is 0 Å². The van der Waals surface area contributed by atoms with E-state index in [1.807, 2.05) is 24.3 Å². The van der Waals surface area contributed by atoms with Gasteiger partial charge in [0, 0.05) is 11.4 Å². The lowest BCUT2D eigenvalue weighted by Crippen LogP contribution is -2.33. The van der Waals surface area contributed by atoms with E-state index >= 15 is 0 Å². The first-order chi connectivity index (χ1) is 9.56. The van der Waals surface area contributed by atoms with Crippen molar-refractivity contribution in [1.29, 1.82) is 0 Å². The van der Waals surface area contributed by atoms with Crippen molar-refractivity contribution in [3.05, 3.63) is 34.9 Å². The molecular weight excluding hydrogens is 272 g/mol. The minimum atomic E-state index is 0.0501. The van der Waals surface area contributed by atoms with E-state index in [1.165, 1.54) is 0 Å². The molecule has 1 aliphatic heterocycles. The molecule has 2 rings (SSSR count). The maximum Gasteiger partial charge on any atom is 0.220 e.